The molecule has 0 radical (unpaired) electrons. The Kier molecular flexibility index (Phi) is 3.91. The molecule has 1 spiro atoms. The molecular formula is C17H22O8. The second kappa shape index (κ2) is 5.77. The van der Waals surface area contributed by atoms with Gasteiger partial charge in [0, 0.05) is 20.1 Å². The van der Waals surface area contributed by atoms with Crippen molar-refractivity contribution in [2.75, 3.05) is 21.3 Å². The molecule has 3 aliphatic heterocycles. The maximum Gasteiger partial charge on any atom is 0.315 e. The lowest BCUT2D eigenvalue weighted by molar-refractivity contribution is -0.295. The highest BCUT2D eigenvalue weighted by Gasteiger charge is 2.74. The van der Waals surface area contributed by atoms with Crippen LogP contribution in [0.4, 0.5) is 0 Å². The number of rotatable bonds is 4. The van der Waals surface area contributed by atoms with Crippen molar-refractivity contribution < 1.29 is 38.0 Å². The Morgan fingerprint density at radius 3 is 2.68 bits per heavy atom. The molecule has 138 valence electrons. The van der Waals surface area contributed by atoms with Gasteiger partial charge in [0.05, 0.1) is 19.1 Å². The molecule has 1 aliphatic carbocycles. The summed E-state index contributed by atoms with van der Waals surface area (Å²) in [6.45, 7) is 1.81. The first-order valence-electron chi connectivity index (χ1n) is 8.35. The van der Waals surface area contributed by atoms with Gasteiger partial charge in [0.25, 0.3) is 0 Å². The first-order chi connectivity index (χ1) is 12.0. The molecule has 0 amide bonds. The molecule has 3 heterocycles. The Hall–Kier alpha value is -1.48. The van der Waals surface area contributed by atoms with E-state index in [2.05, 4.69) is 0 Å². The summed E-state index contributed by atoms with van der Waals surface area (Å²) in [7, 11) is 4.35. The molecule has 4 aliphatic rings. The first-order valence-corrected chi connectivity index (χ1v) is 8.35. The third-order valence-electron chi connectivity index (χ3n) is 5.97. The Labute approximate surface area is 145 Å². The van der Waals surface area contributed by atoms with Crippen LogP contribution in [0.25, 0.3) is 0 Å². The lowest BCUT2D eigenvalue weighted by atomic mass is 9.74. The van der Waals surface area contributed by atoms with E-state index in [1.54, 1.807) is 7.11 Å². The van der Waals surface area contributed by atoms with Crippen molar-refractivity contribution in [1.29, 1.82) is 0 Å². The second-order valence-corrected chi connectivity index (χ2v) is 6.92. The lowest BCUT2D eigenvalue weighted by Gasteiger charge is -2.41. The molecule has 0 aromatic carbocycles. The van der Waals surface area contributed by atoms with E-state index in [0.717, 1.165) is 0 Å². The minimum absolute atomic E-state index is 0.259. The number of carbonyl (C=O) groups is 2. The minimum Gasteiger partial charge on any atom is -0.469 e. The van der Waals surface area contributed by atoms with Crippen molar-refractivity contribution >= 4 is 11.9 Å². The molecule has 25 heavy (non-hydrogen) atoms. The van der Waals surface area contributed by atoms with E-state index in [0.29, 0.717) is 0 Å². The Morgan fingerprint density at radius 2 is 2.04 bits per heavy atom. The van der Waals surface area contributed by atoms with Gasteiger partial charge in [-0.25, -0.2) is 0 Å². The van der Waals surface area contributed by atoms with Crippen LogP contribution in [-0.4, -0.2) is 63.7 Å². The van der Waals surface area contributed by atoms with Crippen LogP contribution >= 0.6 is 0 Å². The zero-order chi connectivity index (χ0) is 17.9. The molecule has 3 saturated heterocycles. The highest BCUT2D eigenvalue weighted by atomic mass is 16.8. The maximum absolute atomic E-state index is 12.5. The number of hydrogen-bond donors (Lipinski definition) is 0. The zero-order valence-corrected chi connectivity index (χ0v) is 14.5. The fraction of sp³-hybridized carbons (Fsp3) is 0.765. The van der Waals surface area contributed by atoms with Gasteiger partial charge in [-0.15, -0.1) is 0 Å². The van der Waals surface area contributed by atoms with Crippen LogP contribution in [0.15, 0.2) is 12.2 Å². The van der Waals surface area contributed by atoms with Gasteiger partial charge in [-0.3, -0.25) is 9.59 Å². The van der Waals surface area contributed by atoms with Gasteiger partial charge >= 0.3 is 11.9 Å². The topological polar surface area (TPSA) is 89.5 Å². The number of hydrogen-bond acceptors (Lipinski definition) is 8. The molecular weight excluding hydrogens is 332 g/mol. The lowest BCUT2D eigenvalue weighted by Crippen LogP contribution is -2.53. The number of carbonyl (C=O) groups excluding carboxylic acids is 2. The van der Waals surface area contributed by atoms with E-state index >= 15 is 0 Å². The standard InChI is InChI=1S/C17H22O8/c1-7(20-2)9-12-17(25-14(9)19)6-5-8-10(13(18)21-3)15(22-4)24-16(23-12)11(8)17/h5-12,15-16H,1-4H3/t7-,8-,9+,10-,11+,12+,15-,16-,17-/m0/s1. The Morgan fingerprint density at radius 1 is 1.28 bits per heavy atom. The summed E-state index contributed by atoms with van der Waals surface area (Å²) in [6, 6.07) is 0. The first kappa shape index (κ1) is 17.0. The number of esters is 2. The summed E-state index contributed by atoms with van der Waals surface area (Å²) >= 11 is 0. The van der Waals surface area contributed by atoms with Crippen molar-refractivity contribution in [2.24, 2.45) is 23.7 Å². The monoisotopic (exact) mass is 354 g/mol. The van der Waals surface area contributed by atoms with Crippen LogP contribution in [0.5, 0.6) is 0 Å². The predicted octanol–water partition coefficient (Wildman–Crippen LogP) is 0.252. The van der Waals surface area contributed by atoms with Crippen LogP contribution in [0.1, 0.15) is 6.92 Å². The highest BCUT2D eigenvalue weighted by Crippen LogP contribution is 2.59. The molecule has 9 atom stereocenters. The van der Waals surface area contributed by atoms with Gasteiger partial charge in [0.1, 0.15) is 17.9 Å². The second-order valence-electron chi connectivity index (χ2n) is 6.92. The van der Waals surface area contributed by atoms with E-state index in [1.807, 2.05) is 19.1 Å². The third-order valence-corrected chi connectivity index (χ3v) is 5.97. The molecule has 3 fully saturated rings. The summed E-state index contributed by atoms with van der Waals surface area (Å²) in [6.07, 6.45) is 1.43. The van der Waals surface area contributed by atoms with Crippen molar-refractivity contribution in [1.82, 2.24) is 0 Å². The summed E-state index contributed by atoms with van der Waals surface area (Å²) < 4.78 is 33.4. The normalized spacial score (nSPS) is 48.0. The third kappa shape index (κ3) is 2.08. The smallest absolute Gasteiger partial charge is 0.315 e. The molecule has 0 aromatic heterocycles. The quantitative estimate of drug-likeness (QED) is 0.524. The summed E-state index contributed by atoms with van der Waals surface area (Å²) in [5.41, 5.74) is -0.936. The summed E-state index contributed by atoms with van der Waals surface area (Å²) in [5, 5.41) is 0. The van der Waals surface area contributed by atoms with Gasteiger partial charge in [-0.1, -0.05) is 6.08 Å². The van der Waals surface area contributed by atoms with E-state index in [4.69, 9.17) is 28.4 Å². The van der Waals surface area contributed by atoms with Crippen LogP contribution in [0.3, 0.4) is 0 Å². The van der Waals surface area contributed by atoms with E-state index < -0.39 is 42.1 Å². The fourth-order valence-electron chi connectivity index (χ4n) is 4.75. The number of ether oxygens (including phenoxy) is 6. The van der Waals surface area contributed by atoms with Crippen molar-refractivity contribution in [3.63, 3.8) is 0 Å². The average molecular weight is 354 g/mol. The van der Waals surface area contributed by atoms with Gasteiger partial charge in [0.15, 0.2) is 18.2 Å². The summed E-state index contributed by atoms with van der Waals surface area (Å²) in [5.74, 6) is -2.55. The SMILES string of the molecule is COC(=O)[C@H]1[C@@H](OC)O[C@@H]2O[C@@H]3[C@@H]([C@H](C)OC)C(=O)O[C@]34C=C[C@@H]1[C@H]24. The van der Waals surface area contributed by atoms with Gasteiger partial charge < -0.3 is 28.4 Å². The molecule has 0 N–H and O–H groups in total. The molecule has 0 unspecified atom stereocenters. The largest absolute Gasteiger partial charge is 0.469 e. The number of allylic oxidation sites excluding steroid dienone is 1. The van der Waals surface area contributed by atoms with E-state index in [9.17, 15) is 9.59 Å². The molecule has 0 aromatic rings. The van der Waals surface area contributed by atoms with Gasteiger partial charge in [0.2, 0.25) is 0 Å². The van der Waals surface area contributed by atoms with Crippen LogP contribution in [0, 0.1) is 23.7 Å². The van der Waals surface area contributed by atoms with Gasteiger partial charge in [-0.2, -0.15) is 0 Å². The Balaban J connectivity index is 1.71. The predicted molar refractivity (Wildman–Crippen MR) is 81.0 cm³/mol. The van der Waals surface area contributed by atoms with Crippen LogP contribution in [-0.2, 0) is 38.0 Å². The maximum atomic E-state index is 12.5. The van der Waals surface area contributed by atoms with Crippen molar-refractivity contribution in [2.45, 2.75) is 37.3 Å². The molecule has 8 heteroatoms. The van der Waals surface area contributed by atoms with Crippen LogP contribution in [0.2, 0.25) is 0 Å². The average Bonchev–Trinajstić information content (AvgIpc) is 3.21. The van der Waals surface area contributed by atoms with E-state index in [1.165, 1.54) is 14.2 Å². The molecule has 4 rings (SSSR count). The Bertz CT molecular complexity index is 618. The fourth-order valence-corrected chi connectivity index (χ4v) is 4.75. The molecule has 0 saturated carbocycles. The summed E-state index contributed by atoms with van der Waals surface area (Å²) in [4.78, 5) is 24.8. The van der Waals surface area contributed by atoms with Gasteiger partial charge in [-0.05, 0) is 13.0 Å². The zero-order valence-electron chi connectivity index (χ0n) is 14.5. The number of methoxy groups -OCH3 is 3. The van der Waals surface area contributed by atoms with Crippen molar-refractivity contribution in [3.05, 3.63) is 12.2 Å². The van der Waals surface area contributed by atoms with E-state index in [-0.39, 0.29) is 23.9 Å². The van der Waals surface area contributed by atoms with Crippen molar-refractivity contribution in [3.8, 4) is 0 Å². The highest BCUT2D eigenvalue weighted by molar-refractivity contribution is 5.79. The van der Waals surface area contributed by atoms with Crippen LogP contribution < -0.4 is 0 Å². The minimum atomic E-state index is -0.936. The molecule has 0 bridgehead atoms. The molecule has 8 nitrogen and oxygen atoms in total.